The number of likely N-dealkylation sites (tertiary alicyclic amines) is 1. The lowest BCUT2D eigenvalue weighted by Crippen LogP contribution is -2.41. The van der Waals surface area contributed by atoms with Gasteiger partial charge in [0.05, 0.1) is 12.5 Å². The van der Waals surface area contributed by atoms with Crippen LogP contribution in [0, 0.1) is 0 Å². The van der Waals surface area contributed by atoms with Crippen molar-refractivity contribution in [1.29, 1.82) is 0 Å². The summed E-state index contributed by atoms with van der Waals surface area (Å²) in [5, 5.41) is 0. The molecule has 1 amide bonds. The van der Waals surface area contributed by atoms with Crippen LogP contribution in [-0.4, -0.2) is 51.9 Å². The summed E-state index contributed by atoms with van der Waals surface area (Å²) in [4.78, 5) is 26.9. The van der Waals surface area contributed by atoms with Crippen LogP contribution < -0.4 is 0 Å². The summed E-state index contributed by atoms with van der Waals surface area (Å²) < 4.78 is 31.5. The van der Waals surface area contributed by atoms with Crippen molar-refractivity contribution in [3.8, 4) is 0 Å². The molecule has 28 heavy (non-hydrogen) atoms. The number of nitrogens with zero attached hydrogens (tertiary/aromatic N) is 1. The zero-order valence-corrected chi connectivity index (χ0v) is 20.6. The van der Waals surface area contributed by atoms with Gasteiger partial charge in [0.15, 0.2) is 8.32 Å². The molecular weight excluding hydrogens is 413 g/mol. The zero-order chi connectivity index (χ0) is 21.2. The quantitative estimate of drug-likeness (QED) is 0.417. The third-order valence-electron chi connectivity index (χ3n) is 4.10. The molecule has 1 aromatic rings. The topological polar surface area (TPSA) is 86.0 Å². The van der Waals surface area contributed by atoms with E-state index in [0.29, 0.717) is 18.7 Å². The van der Waals surface area contributed by atoms with Gasteiger partial charge < -0.3 is 18.0 Å². The van der Waals surface area contributed by atoms with Crippen LogP contribution in [0.2, 0.25) is 39.3 Å². The van der Waals surface area contributed by atoms with Gasteiger partial charge in [-0.2, -0.15) is 0 Å². The third-order valence-corrected chi connectivity index (χ3v) is 10.4. The SMILES string of the molecule is C[Si](C)(C)OC(=O)C(Cc1ccco1)P(=O)(CN1CCCC1=O)O[Si](C)(C)C. The molecule has 1 aromatic heterocycles. The lowest BCUT2D eigenvalue weighted by molar-refractivity contribution is -0.135. The largest absolute Gasteiger partial charge is 0.519 e. The molecule has 2 unspecified atom stereocenters. The van der Waals surface area contributed by atoms with Gasteiger partial charge >= 0.3 is 5.97 Å². The van der Waals surface area contributed by atoms with Crippen molar-refractivity contribution < 1.29 is 27.2 Å². The Kier molecular flexibility index (Phi) is 7.18. The molecule has 0 radical (unpaired) electrons. The predicted octanol–water partition coefficient (Wildman–Crippen LogP) is 4.28. The van der Waals surface area contributed by atoms with Crippen LogP contribution in [0.3, 0.4) is 0 Å². The fraction of sp³-hybridized carbons (Fsp3) is 0.667. The first-order valence-electron chi connectivity index (χ1n) is 9.62. The monoisotopic (exact) mass is 445 g/mol. The lowest BCUT2D eigenvalue weighted by Gasteiger charge is -2.35. The Hall–Kier alpha value is -1.16. The van der Waals surface area contributed by atoms with Crippen LogP contribution in [0.1, 0.15) is 18.6 Å². The van der Waals surface area contributed by atoms with Crippen molar-refractivity contribution >= 4 is 35.9 Å². The highest BCUT2D eigenvalue weighted by Gasteiger charge is 2.47. The van der Waals surface area contributed by atoms with E-state index in [1.165, 1.54) is 6.26 Å². The Morgan fingerprint density at radius 2 is 1.93 bits per heavy atom. The van der Waals surface area contributed by atoms with E-state index < -0.39 is 35.6 Å². The number of amides is 1. The van der Waals surface area contributed by atoms with Crippen molar-refractivity contribution in [2.45, 2.75) is 64.2 Å². The molecule has 0 aromatic carbocycles. The highest BCUT2D eigenvalue weighted by Crippen LogP contribution is 2.56. The first kappa shape index (κ1) is 23.1. The average molecular weight is 446 g/mol. The molecule has 1 aliphatic heterocycles. The van der Waals surface area contributed by atoms with Gasteiger partial charge in [0.2, 0.25) is 21.6 Å². The van der Waals surface area contributed by atoms with E-state index in [2.05, 4.69) is 0 Å². The standard InChI is InChI=1S/C18H32NO6PSi2/c1-27(2,3)24-18(21)16(13-15-9-8-12-23-15)26(22,25-28(4,5)6)14-19-11-7-10-17(19)20/h8-9,12,16H,7,10-11,13-14H2,1-6H3. The lowest BCUT2D eigenvalue weighted by atomic mass is 10.2. The number of carbonyl (C=O) groups is 2. The van der Waals surface area contributed by atoms with Crippen LogP contribution in [0.5, 0.6) is 0 Å². The summed E-state index contributed by atoms with van der Waals surface area (Å²) >= 11 is 0. The van der Waals surface area contributed by atoms with Gasteiger partial charge in [-0.3, -0.25) is 14.2 Å². The Morgan fingerprint density at radius 1 is 1.25 bits per heavy atom. The Balaban J connectivity index is 2.41. The van der Waals surface area contributed by atoms with Gasteiger partial charge in [0.25, 0.3) is 0 Å². The first-order chi connectivity index (χ1) is 12.8. The van der Waals surface area contributed by atoms with Crippen molar-refractivity contribution in [3.63, 3.8) is 0 Å². The summed E-state index contributed by atoms with van der Waals surface area (Å²) in [5.74, 6) is -0.0248. The fourth-order valence-electron chi connectivity index (χ4n) is 3.12. The molecular formula is C18H32NO6PSi2. The third kappa shape index (κ3) is 6.72. The Labute approximate surface area is 169 Å². The van der Waals surface area contributed by atoms with Gasteiger partial charge in [0, 0.05) is 19.4 Å². The summed E-state index contributed by atoms with van der Waals surface area (Å²) in [7, 11) is -8.05. The predicted molar refractivity (Wildman–Crippen MR) is 113 cm³/mol. The van der Waals surface area contributed by atoms with Gasteiger partial charge in [-0.05, 0) is 57.8 Å². The maximum Gasteiger partial charge on any atom is 0.305 e. The summed E-state index contributed by atoms with van der Waals surface area (Å²) in [6.07, 6.45) is 2.76. The molecule has 0 N–H and O–H groups in total. The molecule has 10 heteroatoms. The molecule has 0 spiro atoms. The molecule has 1 fully saturated rings. The van der Waals surface area contributed by atoms with E-state index >= 15 is 0 Å². The number of hydrogen-bond acceptors (Lipinski definition) is 6. The molecule has 0 saturated carbocycles. The van der Waals surface area contributed by atoms with Crippen molar-refractivity contribution in [1.82, 2.24) is 4.90 Å². The minimum Gasteiger partial charge on any atom is -0.519 e. The summed E-state index contributed by atoms with van der Waals surface area (Å²) in [6.45, 7) is 12.0. The number of furan rings is 1. The molecule has 2 rings (SSSR count). The maximum atomic E-state index is 14.2. The molecule has 0 bridgehead atoms. The van der Waals surface area contributed by atoms with Crippen LogP contribution >= 0.6 is 7.37 Å². The second-order valence-electron chi connectivity index (χ2n) is 9.16. The second kappa shape index (κ2) is 8.69. The number of hydrogen-bond donors (Lipinski definition) is 0. The van der Waals surface area contributed by atoms with Crippen molar-refractivity contribution in [2.75, 3.05) is 12.8 Å². The van der Waals surface area contributed by atoms with Crippen LogP contribution in [0.15, 0.2) is 22.8 Å². The van der Waals surface area contributed by atoms with Gasteiger partial charge in [-0.1, -0.05) is 0 Å². The number of rotatable bonds is 9. The molecule has 0 aliphatic carbocycles. The summed E-state index contributed by atoms with van der Waals surface area (Å²) in [6, 6.07) is 3.47. The highest BCUT2D eigenvalue weighted by atomic mass is 31.2. The molecule has 2 heterocycles. The normalized spacial score (nSPS) is 18.8. The van der Waals surface area contributed by atoms with E-state index in [1.807, 2.05) is 39.3 Å². The van der Waals surface area contributed by atoms with Gasteiger partial charge in [-0.25, -0.2) is 0 Å². The van der Waals surface area contributed by atoms with E-state index in [0.717, 1.165) is 6.42 Å². The van der Waals surface area contributed by atoms with Crippen molar-refractivity contribution in [2.24, 2.45) is 0 Å². The van der Waals surface area contributed by atoms with Crippen LogP contribution in [0.25, 0.3) is 0 Å². The zero-order valence-electron chi connectivity index (χ0n) is 17.7. The van der Waals surface area contributed by atoms with E-state index in [-0.39, 0.29) is 18.6 Å². The Morgan fingerprint density at radius 3 is 2.39 bits per heavy atom. The van der Waals surface area contributed by atoms with Crippen LogP contribution in [-0.2, 0) is 29.2 Å². The van der Waals surface area contributed by atoms with E-state index in [1.54, 1.807) is 17.0 Å². The smallest absolute Gasteiger partial charge is 0.305 e. The molecule has 158 valence electrons. The second-order valence-corrected chi connectivity index (χ2v) is 20.9. The Bertz CT molecular complexity index is 738. The first-order valence-corrected chi connectivity index (χ1v) is 18.3. The molecule has 7 nitrogen and oxygen atoms in total. The van der Waals surface area contributed by atoms with Crippen LogP contribution in [0.4, 0.5) is 0 Å². The molecule has 1 aliphatic rings. The fourth-order valence-corrected chi connectivity index (χ4v) is 10.2. The number of carbonyl (C=O) groups excluding carboxylic acids is 2. The maximum absolute atomic E-state index is 14.2. The van der Waals surface area contributed by atoms with E-state index in [4.69, 9.17) is 13.1 Å². The summed E-state index contributed by atoms with van der Waals surface area (Å²) in [5.41, 5.74) is -0.995. The minimum absolute atomic E-state index is 0.0466. The van der Waals surface area contributed by atoms with Gasteiger partial charge in [-0.15, -0.1) is 0 Å². The highest BCUT2D eigenvalue weighted by molar-refractivity contribution is 7.62. The van der Waals surface area contributed by atoms with Gasteiger partial charge in [0.1, 0.15) is 11.4 Å². The van der Waals surface area contributed by atoms with Crippen molar-refractivity contribution in [3.05, 3.63) is 24.2 Å². The molecule has 2 atom stereocenters. The average Bonchev–Trinajstić information content (AvgIpc) is 3.13. The van der Waals surface area contributed by atoms with E-state index in [9.17, 15) is 14.2 Å². The minimum atomic E-state index is -3.57. The molecule has 1 saturated heterocycles.